The van der Waals surface area contributed by atoms with Crippen LogP contribution in [0.3, 0.4) is 0 Å². The fourth-order valence-electron chi connectivity index (χ4n) is 0.982. The smallest absolute Gasteiger partial charge is 0.500 e. The molecule has 0 radical (unpaired) electrons. The van der Waals surface area contributed by atoms with Gasteiger partial charge >= 0.3 is 14.8 Å². The Morgan fingerprint density at radius 2 is 1.93 bits per heavy atom. The highest BCUT2D eigenvalue weighted by Gasteiger charge is 2.28. The highest BCUT2D eigenvalue weighted by molar-refractivity contribution is 6.57. The summed E-state index contributed by atoms with van der Waals surface area (Å²) < 4.78 is 4.79. The number of hydrogen-bond acceptors (Lipinski definition) is 6. The molecule has 82 valence electrons. The van der Waals surface area contributed by atoms with E-state index in [-0.39, 0.29) is 11.3 Å². The van der Waals surface area contributed by atoms with E-state index in [9.17, 15) is 4.79 Å². The lowest BCUT2D eigenvalue weighted by Gasteiger charge is -2.15. The third kappa shape index (κ3) is 3.33. The zero-order chi connectivity index (χ0) is 11.5. The van der Waals surface area contributed by atoms with Gasteiger partial charge in [-0.15, -0.1) is 0 Å². The summed E-state index contributed by atoms with van der Waals surface area (Å²) in [7, 11) is -3.78. The maximum absolute atomic E-state index is 11.0. The van der Waals surface area contributed by atoms with Crippen molar-refractivity contribution in [3.8, 4) is 5.75 Å². The maximum atomic E-state index is 11.0. The van der Waals surface area contributed by atoms with Crippen LogP contribution in [0, 0.1) is 0 Å². The van der Waals surface area contributed by atoms with Crippen LogP contribution in [-0.4, -0.2) is 29.6 Å². The number of carbonyl (C=O) groups excluding carboxylic acids is 1. The molecule has 6 nitrogen and oxygen atoms in total. The normalized spacial score (nSPS) is 10.9. The molecule has 0 saturated heterocycles. The van der Waals surface area contributed by atoms with Crippen LogP contribution in [0.2, 0.25) is 6.55 Å². The molecule has 1 aromatic carbocycles. The topological polar surface area (TPSA) is 96.2 Å². The van der Waals surface area contributed by atoms with Crippen molar-refractivity contribution in [1.82, 2.24) is 0 Å². The van der Waals surface area contributed by atoms with Crippen LogP contribution >= 0.6 is 0 Å². The molecule has 0 aliphatic rings. The Morgan fingerprint density at radius 1 is 1.33 bits per heavy atom. The van der Waals surface area contributed by atoms with Gasteiger partial charge in [0.2, 0.25) is 0 Å². The quantitative estimate of drug-likeness (QED) is 0.391. The van der Waals surface area contributed by atoms with Gasteiger partial charge in [0.15, 0.2) is 0 Å². The zero-order valence-electron chi connectivity index (χ0n) is 7.88. The second kappa shape index (κ2) is 4.40. The summed E-state index contributed by atoms with van der Waals surface area (Å²) in [5.41, 5.74) is -0.0816. The summed E-state index contributed by atoms with van der Waals surface area (Å²) in [6.07, 6.45) is 0. The Balaban J connectivity index is 3.02. The minimum absolute atomic E-state index is 0.0456. The summed E-state index contributed by atoms with van der Waals surface area (Å²) in [6, 6.07) is 5.76. The zero-order valence-corrected chi connectivity index (χ0v) is 8.88. The van der Waals surface area contributed by atoms with E-state index in [1.807, 2.05) is 0 Å². The van der Waals surface area contributed by atoms with Crippen LogP contribution in [0.1, 0.15) is 10.4 Å². The molecule has 0 amide bonds. The molecule has 0 saturated carbocycles. The predicted molar refractivity (Wildman–Crippen MR) is 51.2 cm³/mol. The summed E-state index contributed by atoms with van der Waals surface area (Å²) in [4.78, 5) is 32.8. The molecule has 15 heavy (non-hydrogen) atoms. The molecule has 0 atom stereocenters. The lowest BCUT2D eigenvalue weighted by molar-refractivity contribution is -0.182. The third-order valence-corrected chi connectivity index (χ3v) is 2.10. The van der Waals surface area contributed by atoms with Crippen molar-refractivity contribution in [2.24, 2.45) is 0 Å². The molecule has 1 rings (SSSR count). The summed E-state index contributed by atoms with van der Waals surface area (Å²) >= 11 is 0. The highest BCUT2D eigenvalue weighted by Crippen LogP contribution is 2.20. The summed E-state index contributed by atoms with van der Waals surface area (Å²) in [5, 5.41) is 8.19. The number of benzene rings is 1. The van der Waals surface area contributed by atoms with Crippen molar-refractivity contribution in [2.75, 3.05) is 0 Å². The maximum Gasteiger partial charge on any atom is 0.557 e. The first-order chi connectivity index (χ1) is 6.94. The van der Waals surface area contributed by atoms with Gasteiger partial charge < -0.3 is 14.0 Å². The first-order valence-electron chi connectivity index (χ1n) is 4.02. The van der Waals surface area contributed by atoms with Gasteiger partial charge in [-0.3, -0.25) is 4.89 Å². The second-order valence-electron chi connectivity index (χ2n) is 2.91. The predicted octanol–water partition coefficient (Wildman–Crippen LogP) is 0.249. The summed E-state index contributed by atoms with van der Waals surface area (Å²) in [5.74, 6) is -1.07. The van der Waals surface area contributed by atoms with Gasteiger partial charge in [0, 0.05) is 6.55 Å². The van der Waals surface area contributed by atoms with E-state index < -0.39 is 14.8 Å². The molecule has 0 heterocycles. The lowest BCUT2D eigenvalue weighted by atomic mass is 10.2. The Bertz CT molecular complexity index is 358. The number of hydrogen-bond donors (Lipinski definition) is 3. The van der Waals surface area contributed by atoms with Crippen LogP contribution in [0.25, 0.3) is 0 Å². The van der Waals surface area contributed by atoms with E-state index in [2.05, 4.69) is 4.89 Å². The third-order valence-electron chi connectivity index (χ3n) is 1.49. The van der Waals surface area contributed by atoms with Crippen LogP contribution in [0.15, 0.2) is 24.3 Å². The van der Waals surface area contributed by atoms with Crippen molar-refractivity contribution in [1.29, 1.82) is 0 Å². The van der Waals surface area contributed by atoms with Gasteiger partial charge in [0.1, 0.15) is 11.3 Å². The van der Waals surface area contributed by atoms with Gasteiger partial charge in [-0.25, -0.2) is 4.79 Å². The van der Waals surface area contributed by atoms with E-state index in [1.165, 1.54) is 18.2 Å². The largest absolute Gasteiger partial charge is 0.557 e. The molecule has 0 bridgehead atoms. The molecule has 7 heteroatoms. The van der Waals surface area contributed by atoms with Crippen molar-refractivity contribution in [3.05, 3.63) is 29.8 Å². The van der Waals surface area contributed by atoms with Gasteiger partial charge in [0.05, 0.1) is 0 Å². The first-order valence-corrected chi connectivity index (χ1v) is 6.33. The minimum atomic E-state index is -3.78. The van der Waals surface area contributed by atoms with Crippen LogP contribution < -0.4 is 4.43 Å². The average Bonchev–Trinajstić information content (AvgIpc) is 2.15. The van der Waals surface area contributed by atoms with Crippen LogP contribution in [0.5, 0.6) is 5.75 Å². The van der Waals surface area contributed by atoms with E-state index in [4.69, 9.17) is 19.3 Å². The van der Waals surface area contributed by atoms with Gasteiger partial charge in [-0.05, 0) is 12.1 Å². The molecule has 3 N–H and O–H groups in total. The Morgan fingerprint density at radius 3 is 2.47 bits per heavy atom. The number of para-hydroxylation sites is 1. The monoisotopic (exact) mass is 230 g/mol. The number of carbonyl (C=O) groups is 1. The molecule has 0 spiro atoms. The Kier molecular flexibility index (Phi) is 3.42. The molecule has 0 unspecified atom stereocenters. The van der Waals surface area contributed by atoms with Crippen molar-refractivity contribution in [2.45, 2.75) is 6.55 Å². The van der Waals surface area contributed by atoms with E-state index in [1.54, 1.807) is 6.07 Å². The Hall–Kier alpha value is -1.41. The molecular weight excluding hydrogens is 220 g/mol. The molecule has 0 aliphatic carbocycles. The van der Waals surface area contributed by atoms with E-state index in [0.717, 1.165) is 6.55 Å². The van der Waals surface area contributed by atoms with Crippen molar-refractivity contribution < 1.29 is 29.0 Å². The molecule has 0 fully saturated rings. The average molecular weight is 230 g/mol. The van der Waals surface area contributed by atoms with Gasteiger partial charge in [0.25, 0.3) is 0 Å². The standard InChI is InChI=1S/C8H10O6Si/c1-15(11,12)14-7-5-3-2-4-6(7)8(9)13-10/h2-5,10-12H,1H3. The van der Waals surface area contributed by atoms with E-state index in [0.29, 0.717) is 0 Å². The SMILES string of the molecule is C[Si](O)(O)Oc1ccccc1C(=O)OO. The molecule has 0 aromatic heterocycles. The lowest BCUT2D eigenvalue weighted by Crippen LogP contribution is -2.38. The molecule has 1 aromatic rings. The van der Waals surface area contributed by atoms with Crippen molar-refractivity contribution in [3.63, 3.8) is 0 Å². The minimum Gasteiger partial charge on any atom is -0.500 e. The Labute approximate surface area is 86.6 Å². The molecule has 0 aliphatic heterocycles. The number of rotatable bonds is 3. The van der Waals surface area contributed by atoms with Crippen molar-refractivity contribution >= 4 is 14.8 Å². The second-order valence-corrected chi connectivity index (χ2v) is 4.98. The fraction of sp³-hybridized carbons (Fsp3) is 0.125. The van der Waals surface area contributed by atoms with Gasteiger partial charge in [-0.2, -0.15) is 5.26 Å². The van der Waals surface area contributed by atoms with Crippen LogP contribution in [0.4, 0.5) is 0 Å². The van der Waals surface area contributed by atoms with Crippen LogP contribution in [-0.2, 0) is 4.89 Å². The first kappa shape index (κ1) is 11.7. The molecular formula is C8H10O6Si. The highest BCUT2D eigenvalue weighted by atomic mass is 28.4. The van der Waals surface area contributed by atoms with E-state index >= 15 is 0 Å². The van der Waals surface area contributed by atoms with Gasteiger partial charge in [-0.1, -0.05) is 12.1 Å². The summed E-state index contributed by atoms with van der Waals surface area (Å²) in [6.45, 7) is 1.12. The fourth-order valence-corrected chi connectivity index (χ4v) is 1.58.